The molecule has 0 fully saturated rings. The molecule has 0 radical (unpaired) electrons. The third kappa shape index (κ3) is 4.35. The van der Waals surface area contributed by atoms with Gasteiger partial charge in [-0.25, -0.2) is 4.98 Å². The lowest BCUT2D eigenvalue weighted by Gasteiger charge is -2.07. The van der Waals surface area contributed by atoms with Gasteiger partial charge in [0.25, 0.3) is 0 Å². The maximum Gasteiger partial charge on any atom is 0.229 e. The molecule has 0 aliphatic carbocycles. The van der Waals surface area contributed by atoms with Crippen LogP contribution in [0.3, 0.4) is 0 Å². The molecule has 2 aromatic heterocycles. The van der Waals surface area contributed by atoms with E-state index in [0.29, 0.717) is 10.9 Å². The summed E-state index contributed by atoms with van der Waals surface area (Å²) in [5, 5.41) is 10.2. The zero-order chi connectivity index (χ0) is 20.2. The smallest absolute Gasteiger partial charge is 0.229 e. The standard InChI is InChI=1S/C22H20N4O2S/c1-15-12-20(24-21(27)13-16-8-10-18(28-2)11-9-16)26(25-15)22-23-19(14-29-22)17-6-4-3-5-7-17/h3-12,14H,13H2,1-2H3,(H,24,27). The van der Waals surface area contributed by atoms with E-state index in [9.17, 15) is 4.79 Å². The third-order valence-corrected chi connectivity index (χ3v) is 5.18. The lowest BCUT2D eigenvalue weighted by atomic mass is 10.1. The lowest BCUT2D eigenvalue weighted by Crippen LogP contribution is -2.17. The van der Waals surface area contributed by atoms with Crippen LogP contribution >= 0.6 is 11.3 Å². The zero-order valence-corrected chi connectivity index (χ0v) is 16.9. The van der Waals surface area contributed by atoms with E-state index < -0.39 is 0 Å². The first-order chi connectivity index (χ1) is 14.1. The molecular weight excluding hydrogens is 384 g/mol. The summed E-state index contributed by atoms with van der Waals surface area (Å²) in [6, 6.07) is 19.3. The van der Waals surface area contributed by atoms with Gasteiger partial charge in [-0.1, -0.05) is 42.5 Å². The van der Waals surface area contributed by atoms with Crippen LogP contribution in [0, 0.1) is 6.92 Å². The maximum absolute atomic E-state index is 12.6. The van der Waals surface area contributed by atoms with Gasteiger partial charge in [-0.05, 0) is 24.6 Å². The van der Waals surface area contributed by atoms with E-state index in [1.807, 2.05) is 73.0 Å². The van der Waals surface area contributed by atoms with E-state index in [1.54, 1.807) is 11.8 Å². The Labute approximate surface area is 172 Å². The van der Waals surface area contributed by atoms with Gasteiger partial charge in [0.15, 0.2) is 0 Å². The second-order valence-corrected chi connectivity index (χ2v) is 7.37. The molecule has 2 heterocycles. The number of carbonyl (C=O) groups is 1. The number of aryl methyl sites for hydroxylation is 1. The zero-order valence-electron chi connectivity index (χ0n) is 16.1. The van der Waals surface area contributed by atoms with E-state index >= 15 is 0 Å². The molecule has 6 nitrogen and oxygen atoms in total. The Hall–Kier alpha value is -3.45. The molecule has 1 amide bonds. The highest BCUT2D eigenvalue weighted by molar-refractivity contribution is 7.12. The first kappa shape index (κ1) is 18.9. The van der Waals surface area contributed by atoms with Gasteiger partial charge < -0.3 is 10.1 Å². The molecule has 0 aliphatic rings. The molecular formula is C22H20N4O2S. The van der Waals surface area contributed by atoms with E-state index in [2.05, 4.69) is 15.4 Å². The fraction of sp³-hybridized carbons (Fsp3) is 0.136. The molecule has 0 spiro atoms. The molecule has 0 saturated heterocycles. The van der Waals surface area contributed by atoms with Gasteiger partial charge in [0.05, 0.1) is 24.9 Å². The quantitative estimate of drug-likeness (QED) is 0.514. The number of hydrogen-bond donors (Lipinski definition) is 1. The molecule has 0 saturated carbocycles. The van der Waals surface area contributed by atoms with E-state index in [0.717, 1.165) is 28.3 Å². The summed E-state index contributed by atoms with van der Waals surface area (Å²) in [5.41, 5.74) is 3.64. The molecule has 0 bridgehead atoms. The molecule has 4 aromatic rings. The van der Waals surface area contributed by atoms with Crippen molar-refractivity contribution in [1.29, 1.82) is 0 Å². The van der Waals surface area contributed by atoms with Crippen LogP contribution in [0.5, 0.6) is 5.75 Å². The van der Waals surface area contributed by atoms with Crippen LogP contribution in [0.2, 0.25) is 0 Å². The van der Waals surface area contributed by atoms with Crippen molar-refractivity contribution in [3.8, 4) is 22.1 Å². The Morgan fingerprint density at radius 3 is 2.62 bits per heavy atom. The van der Waals surface area contributed by atoms with Crippen LogP contribution in [0.15, 0.2) is 66.0 Å². The Balaban J connectivity index is 1.52. The Kier molecular flexibility index (Phi) is 5.39. The Morgan fingerprint density at radius 2 is 1.90 bits per heavy atom. The normalized spacial score (nSPS) is 10.7. The van der Waals surface area contributed by atoms with Crippen molar-refractivity contribution in [3.63, 3.8) is 0 Å². The van der Waals surface area contributed by atoms with Crippen molar-refractivity contribution >= 4 is 23.1 Å². The topological polar surface area (TPSA) is 69.0 Å². The molecule has 0 atom stereocenters. The monoisotopic (exact) mass is 404 g/mol. The minimum absolute atomic E-state index is 0.115. The molecule has 1 N–H and O–H groups in total. The molecule has 0 unspecified atom stereocenters. The predicted molar refractivity (Wildman–Crippen MR) is 115 cm³/mol. The average molecular weight is 404 g/mol. The number of methoxy groups -OCH3 is 1. The van der Waals surface area contributed by atoms with Crippen molar-refractivity contribution in [2.24, 2.45) is 0 Å². The highest BCUT2D eigenvalue weighted by Crippen LogP contribution is 2.26. The van der Waals surface area contributed by atoms with Gasteiger partial charge in [0.2, 0.25) is 11.0 Å². The van der Waals surface area contributed by atoms with Gasteiger partial charge in [-0.3, -0.25) is 4.79 Å². The number of rotatable bonds is 6. The largest absolute Gasteiger partial charge is 0.497 e. The second-order valence-electron chi connectivity index (χ2n) is 6.54. The first-order valence-electron chi connectivity index (χ1n) is 9.13. The molecule has 0 aliphatic heterocycles. The maximum atomic E-state index is 12.6. The first-order valence-corrected chi connectivity index (χ1v) is 10.0. The summed E-state index contributed by atoms with van der Waals surface area (Å²) in [6.07, 6.45) is 0.265. The second kappa shape index (κ2) is 8.28. The van der Waals surface area contributed by atoms with Crippen molar-refractivity contribution in [1.82, 2.24) is 14.8 Å². The predicted octanol–water partition coefficient (Wildman–Crippen LogP) is 4.49. The average Bonchev–Trinajstić information content (AvgIpc) is 3.36. The number of thiazole rings is 1. The number of anilines is 1. The third-order valence-electron chi connectivity index (χ3n) is 4.37. The molecule has 4 rings (SSSR count). The van der Waals surface area contributed by atoms with Crippen LogP contribution in [-0.2, 0) is 11.2 Å². The summed E-state index contributed by atoms with van der Waals surface area (Å²) < 4.78 is 6.83. The molecule has 7 heteroatoms. The van der Waals surface area contributed by atoms with Crippen molar-refractivity contribution in [3.05, 3.63) is 77.3 Å². The van der Waals surface area contributed by atoms with Crippen LogP contribution in [-0.4, -0.2) is 27.8 Å². The Bertz CT molecular complexity index is 1120. The van der Waals surface area contributed by atoms with E-state index in [-0.39, 0.29) is 12.3 Å². The number of carbonyl (C=O) groups excluding carboxylic acids is 1. The van der Waals surface area contributed by atoms with Gasteiger partial charge in [0.1, 0.15) is 11.6 Å². The summed E-state index contributed by atoms with van der Waals surface area (Å²) in [7, 11) is 1.62. The number of nitrogens with one attached hydrogen (secondary N) is 1. The number of benzene rings is 2. The van der Waals surface area contributed by atoms with Crippen LogP contribution < -0.4 is 10.1 Å². The summed E-state index contributed by atoms with van der Waals surface area (Å²) in [6.45, 7) is 1.89. The number of ether oxygens (including phenoxy) is 1. The lowest BCUT2D eigenvalue weighted by molar-refractivity contribution is -0.115. The van der Waals surface area contributed by atoms with E-state index in [1.165, 1.54) is 11.3 Å². The SMILES string of the molecule is COc1ccc(CC(=O)Nc2cc(C)nn2-c2nc(-c3ccccc3)cs2)cc1. The van der Waals surface area contributed by atoms with Gasteiger partial charge in [-0.15, -0.1) is 11.3 Å². The summed E-state index contributed by atoms with van der Waals surface area (Å²) >= 11 is 1.48. The summed E-state index contributed by atoms with van der Waals surface area (Å²) in [5.74, 6) is 1.26. The number of aromatic nitrogens is 3. The Morgan fingerprint density at radius 1 is 1.14 bits per heavy atom. The van der Waals surface area contributed by atoms with Crippen molar-refractivity contribution < 1.29 is 9.53 Å². The fourth-order valence-electron chi connectivity index (χ4n) is 2.95. The van der Waals surface area contributed by atoms with Gasteiger partial charge in [-0.2, -0.15) is 9.78 Å². The summed E-state index contributed by atoms with van der Waals surface area (Å²) in [4.78, 5) is 17.2. The highest BCUT2D eigenvalue weighted by Gasteiger charge is 2.15. The highest BCUT2D eigenvalue weighted by atomic mass is 32.1. The van der Waals surface area contributed by atoms with Crippen LogP contribution in [0.4, 0.5) is 5.82 Å². The number of amides is 1. The van der Waals surface area contributed by atoms with Crippen molar-refractivity contribution in [2.45, 2.75) is 13.3 Å². The minimum Gasteiger partial charge on any atom is -0.497 e. The van der Waals surface area contributed by atoms with Crippen LogP contribution in [0.1, 0.15) is 11.3 Å². The molecule has 2 aromatic carbocycles. The van der Waals surface area contributed by atoms with E-state index in [4.69, 9.17) is 4.74 Å². The molecule has 146 valence electrons. The number of hydrogen-bond acceptors (Lipinski definition) is 5. The fourth-order valence-corrected chi connectivity index (χ4v) is 3.75. The van der Waals surface area contributed by atoms with Gasteiger partial charge in [0, 0.05) is 17.0 Å². The van der Waals surface area contributed by atoms with Crippen LogP contribution in [0.25, 0.3) is 16.4 Å². The minimum atomic E-state index is -0.115. The number of nitrogens with zero attached hydrogens (tertiary/aromatic N) is 3. The van der Waals surface area contributed by atoms with Crippen molar-refractivity contribution in [2.75, 3.05) is 12.4 Å². The molecule has 29 heavy (non-hydrogen) atoms. The van der Waals surface area contributed by atoms with Gasteiger partial charge >= 0.3 is 0 Å².